The van der Waals surface area contributed by atoms with E-state index in [4.69, 9.17) is 0 Å². The van der Waals surface area contributed by atoms with Gasteiger partial charge < -0.3 is 5.11 Å². The molecule has 1 N–H and O–H groups in total. The Labute approximate surface area is 151 Å². The molecule has 0 bridgehead atoms. The quantitative estimate of drug-likeness (QED) is 0.839. The summed E-state index contributed by atoms with van der Waals surface area (Å²) in [4.78, 5) is 24.7. The Morgan fingerprint density at radius 3 is 2.60 bits per heavy atom. The molecule has 4 aliphatic rings. The largest absolute Gasteiger partial charge is 0.396 e. The van der Waals surface area contributed by atoms with E-state index in [-0.39, 0.29) is 17.4 Å². The van der Waals surface area contributed by atoms with Crippen LogP contribution in [0.5, 0.6) is 0 Å². The second-order valence-electron chi connectivity index (χ2n) is 9.59. The Morgan fingerprint density at radius 1 is 1.08 bits per heavy atom. The minimum Gasteiger partial charge on any atom is -0.396 e. The van der Waals surface area contributed by atoms with Crippen LogP contribution < -0.4 is 0 Å². The highest BCUT2D eigenvalue weighted by atomic mass is 16.3. The number of aliphatic hydroxyl groups is 1. The average molecular weight is 344 g/mol. The minimum atomic E-state index is -0.110. The normalized spacial score (nSPS) is 46.3. The van der Waals surface area contributed by atoms with Crippen molar-refractivity contribution < 1.29 is 14.7 Å². The van der Waals surface area contributed by atoms with Gasteiger partial charge >= 0.3 is 0 Å². The van der Waals surface area contributed by atoms with Crippen molar-refractivity contribution in [3.8, 4) is 0 Å². The number of carbonyl (C=O) groups excluding carboxylic acids is 2. The number of aliphatic hydroxyl groups excluding tert-OH is 1. The molecule has 3 heteroatoms. The summed E-state index contributed by atoms with van der Waals surface area (Å²) in [6, 6.07) is 0. The molecule has 0 saturated heterocycles. The van der Waals surface area contributed by atoms with Crippen LogP contribution in [0.2, 0.25) is 0 Å². The molecule has 3 nitrogen and oxygen atoms in total. The Bertz CT molecular complexity index is 621. The van der Waals surface area contributed by atoms with Gasteiger partial charge in [-0.1, -0.05) is 19.4 Å². The molecule has 0 heterocycles. The second kappa shape index (κ2) is 6.04. The molecule has 0 aromatic carbocycles. The lowest BCUT2D eigenvalue weighted by Crippen LogP contribution is -2.53. The maximum absolute atomic E-state index is 12.6. The minimum absolute atomic E-state index is 0.110. The fourth-order valence-electron chi connectivity index (χ4n) is 7.13. The lowest BCUT2D eigenvalue weighted by Gasteiger charge is -2.59. The molecule has 0 amide bonds. The Kier molecular flexibility index (Phi) is 4.22. The lowest BCUT2D eigenvalue weighted by atomic mass is 9.44. The molecule has 4 unspecified atom stereocenters. The fourth-order valence-corrected chi connectivity index (χ4v) is 7.13. The topological polar surface area (TPSA) is 54.4 Å². The molecule has 0 aromatic heterocycles. The van der Waals surface area contributed by atoms with Crippen LogP contribution in [0.4, 0.5) is 0 Å². The van der Waals surface area contributed by atoms with E-state index in [2.05, 4.69) is 13.8 Å². The number of allylic oxidation sites excluding steroid dienone is 1. The van der Waals surface area contributed by atoms with Gasteiger partial charge in [0, 0.05) is 24.9 Å². The summed E-state index contributed by atoms with van der Waals surface area (Å²) in [6.07, 6.45) is 10.5. The Balaban J connectivity index is 1.73. The van der Waals surface area contributed by atoms with Crippen molar-refractivity contribution in [2.45, 2.75) is 71.6 Å². The number of hydrogen-bond acceptors (Lipinski definition) is 3. The van der Waals surface area contributed by atoms with Gasteiger partial charge in [0.1, 0.15) is 5.78 Å². The first-order valence-electron chi connectivity index (χ1n) is 10.3. The summed E-state index contributed by atoms with van der Waals surface area (Å²) in [5.41, 5.74) is 1.42. The maximum atomic E-state index is 12.6. The number of fused-ring (bicyclic) bond motifs is 5. The zero-order chi connectivity index (χ0) is 17.8. The first kappa shape index (κ1) is 17.5. The van der Waals surface area contributed by atoms with Gasteiger partial charge in [0.15, 0.2) is 5.78 Å². The van der Waals surface area contributed by atoms with Gasteiger partial charge in [-0.15, -0.1) is 0 Å². The van der Waals surface area contributed by atoms with E-state index >= 15 is 0 Å². The van der Waals surface area contributed by atoms with Gasteiger partial charge in [0.25, 0.3) is 0 Å². The van der Waals surface area contributed by atoms with Crippen LogP contribution in [-0.2, 0) is 9.59 Å². The molecule has 3 fully saturated rings. The van der Waals surface area contributed by atoms with Gasteiger partial charge in [-0.05, 0) is 80.1 Å². The SMILES string of the molecule is C[C@]12CCC(=O)C=C1CC(CCCO)C1C2CC[C@]2(C)C(=O)CCC12. The molecule has 0 radical (unpaired) electrons. The van der Waals surface area contributed by atoms with Crippen molar-refractivity contribution in [2.24, 2.45) is 34.5 Å². The Hall–Kier alpha value is -0.960. The highest BCUT2D eigenvalue weighted by molar-refractivity contribution is 5.91. The lowest BCUT2D eigenvalue weighted by molar-refractivity contribution is -0.135. The van der Waals surface area contributed by atoms with Gasteiger partial charge in [-0.3, -0.25) is 9.59 Å². The smallest absolute Gasteiger partial charge is 0.155 e. The van der Waals surface area contributed by atoms with Gasteiger partial charge in [-0.2, -0.15) is 0 Å². The van der Waals surface area contributed by atoms with Crippen LogP contribution >= 0.6 is 0 Å². The van der Waals surface area contributed by atoms with E-state index < -0.39 is 0 Å². The van der Waals surface area contributed by atoms with Gasteiger partial charge in [0.05, 0.1) is 0 Å². The van der Waals surface area contributed by atoms with Crippen LogP contribution in [0.15, 0.2) is 11.6 Å². The predicted molar refractivity (Wildman–Crippen MR) is 96.9 cm³/mol. The van der Waals surface area contributed by atoms with Crippen molar-refractivity contribution in [3.05, 3.63) is 11.6 Å². The van der Waals surface area contributed by atoms with Crippen LogP contribution in [0.1, 0.15) is 71.6 Å². The maximum Gasteiger partial charge on any atom is 0.155 e. The number of ketones is 2. The third-order valence-electron chi connectivity index (χ3n) is 8.58. The number of Topliss-reactive ketones (excluding diaryl/α,β-unsaturated/α-hetero) is 1. The summed E-state index contributed by atoms with van der Waals surface area (Å²) in [5.74, 6) is 3.02. The second-order valence-corrected chi connectivity index (χ2v) is 9.59. The summed E-state index contributed by atoms with van der Waals surface area (Å²) in [5, 5.41) is 9.38. The molecule has 3 saturated carbocycles. The summed E-state index contributed by atoms with van der Waals surface area (Å²) >= 11 is 0. The summed E-state index contributed by atoms with van der Waals surface area (Å²) in [6.45, 7) is 4.86. The van der Waals surface area contributed by atoms with E-state index in [0.717, 1.165) is 51.4 Å². The molecule has 6 atom stereocenters. The molecule has 0 spiro atoms. The summed E-state index contributed by atoms with van der Waals surface area (Å²) in [7, 11) is 0. The summed E-state index contributed by atoms with van der Waals surface area (Å²) < 4.78 is 0. The van der Waals surface area contributed by atoms with Crippen molar-refractivity contribution in [2.75, 3.05) is 6.61 Å². The van der Waals surface area contributed by atoms with E-state index in [1.54, 1.807) is 0 Å². The number of rotatable bonds is 3. The molecule has 4 rings (SSSR count). The first-order valence-corrected chi connectivity index (χ1v) is 10.3. The highest BCUT2D eigenvalue weighted by Crippen LogP contribution is 2.66. The molecule has 4 aliphatic carbocycles. The van der Waals surface area contributed by atoms with E-state index in [9.17, 15) is 14.7 Å². The number of carbonyl (C=O) groups is 2. The van der Waals surface area contributed by atoms with E-state index in [1.807, 2.05) is 6.08 Å². The molecule has 0 aromatic rings. The van der Waals surface area contributed by atoms with Crippen LogP contribution in [0, 0.1) is 34.5 Å². The third-order valence-corrected chi connectivity index (χ3v) is 8.58. The van der Waals surface area contributed by atoms with Crippen molar-refractivity contribution in [1.29, 1.82) is 0 Å². The van der Waals surface area contributed by atoms with Crippen LogP contribution in [0.3, 0.4) is 0 Å². The van der Waals surface area contributed by atoms with Gasteiger partial charge in [-0.25, -0.2) is 0 Å². The molecular weight excluding hydrogens is 312 g/mol. The van der Waals surface area contributed by atoms with Gasteiger partial charge in [0.2, 0.25) is 0 Å². The third kappa shape index (κ3) is 2.49. The van der Waals surface area contributed by atoms with Crippen molar-refractivity contribution in [3.63, 3.8) is 0 Å². The monoisotopic (exact) mass is 344 g/mol. The highest BCUT2D eigenvalue weighted by Gasteiger charge is 2.61. The predicted octanol–water partition coefficient (Wildman–Crippen LogP) is 4.09. The molecule has 25 heavy (non-hydrogen) atoms. The fraction of sp³-hybridized carbons (Fsp3) is 0.818. The van der Waals surface area contributed by atoms with Crippen molar-refractivity contribution in [1.82, 2.24) is 0 Å². The van der Waals surface area contributed by atoms with E-state index in [0.29, 0.717) is 41.7 Å². The van der Waals surface area contributed by atoms with Crippen LogP contribution in [0.25, 0.3) is 0 Å². The molecule has 0 aliphatic heterocycles. The molecular formula is C22H32O3. The first-order chi connectivity index (χ1) is 11.9. The zero-order valence-electron chi connectivity index (χ0n) is 15.7. The average Bonchev–Trinajstić information content (AvgIpc) is 2.89. The number of hydrogen-bond donors (Lipinski definition) is 1. The van der Waals surface area contributed by atoms with E-state index in [1.165, 1.54) is 5.57 Å². The van der Waals surface area contributed by atoms with Crippen molar-refractivity contribution >= 4 is 11.6 Å². The molecule has 138 valence electrons. The Morgan fingerprint density at radius 2 is 1.84 bits per heavy atom. The van der Waals surface area contributed by atoms with Crippen LogP contribution in [-0.4, -0.2) is 23.3 Å². The zero-order valence-corrected chi connectivity index (χ0v) is 15.7. The standard InChI is InChI=1S/C22H32O3/c1-21-9-7-16(24)13-15(21)12-14(4-3-11-23)20-17-5-6-19(25)22(17,2)10-8-18(20)21/h13-14,17-18,20,23H,3-12H2,1-2H3/t14?,17?,18?,20?,21-,22-/m0/s1.